The lowest BCUT2D eigenvalue weighted by atomic mass is 10.1. The van der Waals surface area contributed by atoms with E-state index in [1.54, 1.807) is 7.11 Å². The van der Waals surface area contributed by atoms with Gasteiger partial charge in [-0.05, 0) is 49.9 Å². The number of nitrogens with zero attached hydrogens (tertiary/aromatic N) is 2. The summed E-state index contributed by atoms with van der Waals surface area (Å²) in [7, 11) is 1.66. The smallest absolute Gasteiger partial charge is 0.119 e. The van der Waals surface area contributed by atoms with Crippen LogP contribution in [0, 0.1) is 0 Å². The summed E-state index contributed by atoms with van der Waals surface area (Å²) in [5, 5.41) is 8.46. The second-order valence-corrected chi connectivity index (χ2v) is 3.84. The molecule has 0 N–H and O–H groups in total. The van der Waals surface area contributed by atoms with Crippen LogP contribution in [0.1, 0.15) is 25.7 Å². The fraction of sp³-hybridized carbons (Fsp3) is 0.385. The highest BCUT2D eigenvalue weighted by molar-refractivity contribution is 5.40. The molecule has 0 saturated carbocycles. The highest BCUT2D eigenvalue weighted by Crippen LogP contribution is 2.22. The van der Waals surface area contributed by atoms with Gasteiger partial charge in [0.25, 0.3) is 0 Å². The van der Waals surface area contributed by atoms with Gasteiger partial charge in [-0.25, -0.2) is 0 Å². The Balaban J connectivity index is 2.02. The van der Waals surface area contributed by atoms with Gasteiger partial charge in [-0.15, -0.1) is 0 Å². The first-order chi connectivity index (χ1) is 7.88. The molecule has 1 aliphatic carbocycles. The van der Waals surface area contributed by atoms with Crippen LogP contribution in [-0.4, -0.2) is 7.11 Å². The Morgan fingerprint density at radius 2 is 1.88 bits per heavy atom. The van der Waals surface area contributed by atoms with Gasteiger partial charge < -0.3 is 4.74 Å². The van der Waals surface area contributed by atoms with Crippen LogP contribution in [0.25, 0.3) is 0 Å². The van der Waals surface area contributed by atoms with Crippen molar-refractivity contribution in [1.29, 1.82) is 0 Å². The molecule has 0 unspecified atom stereocenters. The van der Waals surface area contributed by atoms with E-state index in [1.807, 2.05) is 24.3 Å². The van der Waals surface area contributed by atoms with Crippen molar-refractivity contribution in [1.82, 2.24) is 0 Å². The average Bonchev–Trinajstić information content (AvgIpc) is 2.38. The van der Waals surface area contributed by atoms with Gasteiger partial charge in [0.1, 0.15) is 5.75 Å². The lowest BCUT2D eigenvalue weighted by Crippen LogP contribution is -1.87. The van der Waals surface area contributed by atoms with Crippen LogP contribution in [-0.2, 0) is 0 Å². The molecule has 0 bridgehead atoms. The number of ether oxygens (including phenoxy) is 1. The van der Waals surface area contributed by atoms with Gasteiger partial charge in [-0.1, -0.05) is 6.08 Å². The molecule has 0 amide bonds. The molecule has 0 fully saturated rings. The number of hydrogen-bond donors (Lipinski definition) is 0. The molecule has 84 valence electrons. The Morgan fingerprint density at radius 1 is 1.06 bits per heavy atom. The van der Waals surface area contributed by atoms with Gasteiger partial charge in [0, 0.05) is 0 Å². The highest BCUT2D eigenvalue weighted by Gasteiger charge is 2.01. The van der Waals surface area contributed by atoms with Crippen molar-refractivity contribution in [3.8, 4) is 5.75 Å². The Bertz CT molecular complexity index is 393. The Kier molecular flexibility index (Phi) is 3.70. The molecule has 0 spiro atoms. The van der Waals surface area contributed by atoms with Crippen LogP contribution in [0.4, 0.5) is 5.69 Å². The normalized spacial score (nSPS) is 16.2. The maximum atomic E-state index is 5.08. The summed E-state index contributed by atoms with van der Waals surface area (Å²) in [4.78, 5) is 0. The first-order valence-corrected chi connectivity index (χ1v) is 5.63. The SMILES string of the molecule is COc1ccc(N=NC2=CCCCC2)cc1. The van der Waals surface area contributed by atoms with Crippen molar-refractivity contribution in [2.24, 2.45) is 10.2 Å². The lowest BCUT2D eigenvalue weighted by molar-refractivity contribution is 0.415. The van der Waals surface area contributed by atoms with Crippen molar-refractivity contribution in [3.05, 3.63) is 36.0 Å². The largest absolute Gasteiger partial charge is 0.497 e. The zero-order chi connectivity index (χ0) is 11.2. The summed E-state index contributed by atoms with van der Waals surface area (Å²) in [5.41, 5.74) is 1.98. The van der Waals surface area contributed by atoms with E-state index >= 15 is 0 Å². The quantitative estimate of drug-likeness (QED) is 0.696. The van der Waals surface area contributed by atoms with E-state index in [9.17, 15) is 0 Å². The Labute approximate surface area is 95.9 Å². The van der Waals surface area contributed by atoms with Crippen molar-refractivity contribution >= 4 is 5.69 Å². The van der Waals surface area contributed by atoms with Gasteiger partial charge in [-0.2, -0.15) is 10.2 Å². The minimum Gasteiger partial charge on any atom is -0.497 e. The van der Waals surface area contributed by atoms with Crippen molar-refractivity contribution in [2.45, 2.75) is 25.7 Å². The van der Waals surface area contributed by atoms with Crippen molar-refractivity contribution < 1.29 is 4.74 Å². The third-order valence-corrected chi connectivity index (χ3v) is 2.63. The molecule has 3 heteroatoms. The van der Waals surface area contributed by atoms with Crippen LogP contribution < -0.4 is 4.74 Å². The molecule has 0 atom stereocenters. The molecular weight excluding hydrogens is 200 g/mol. The van der Waals surface area contributed by atoms with E-state index in [0.29, 0.717) is 0 Å². The molecular formula is C13H16N2O. The van der Waals surface area contributed by atoms with Crippen LogP contribution >= 0.6 is 0 Å². The maximum absolute atomic E-state index is 5.08. The molecule has 0 radical (unpaired) electrons. The first kappa shape index (κ1) is 10.9. The average molecular weight is 216 g/mol. The van der Waals surface area contributed by atoms with Crippen LogP contribution in [0.2, 0.25) is 0 Å². The lowest BCUT2D eigenvalue weighted by Gasteiger charge is -2.06. The third kappa shape index (κ3) is 2.92. The molecule has 0 saturated heterocycles. The number of hydrogen-bond acceptors (Lipinski definition) is 3. The summed E-state index contributed by atoms with van der Waals surface area (Å²) in [6.07, 6.45) is 6.88. The number of rotatable bonds is 3. The number of allylic oxidation sites excluding steroid dienone is 2. The van der Waals surface area contributed by atoms with Crippen molar-refractivity contribution in [3.63, 3.8) is 0 Å². The van der Waals surface area contributed by atoms with E-state index in [-0.39, 0.29) is 0 Å². The summed E-state index contributed by atoms with van der Waals surface area (Å²) in [6, 6.07) is 7.60. The van der Waals surface area contributed by atoms with Crippen molar-refractivity contribution in [2.75, 3.05) is 7.11 Å². The van der Waals surface area contributed by atoms with Gasteiger partial charge in [0.05, 0.1) is 18.5 Å². The molecule has 0 aliphatic heterocycles. The molecule has 0 heterocycles. The first-order valence-electron chi connectivity index (χ1n) is 5.63. The summed E-state index contributed by atoms with van der Waals surface area (Å²) >= 11 is 0. The third-order valence-electron chi connectivity index (χ3n) is 2.63. The standard InChI is InChI=1S/C13H16N2O/c1-16-13-9-7-12(8-10-13)15-14-11-5-3-2-4-6-11/h5,7-10H,2-4,6H2,1H3. The monoisotopic (exact) mass is 216 g/mol. The van der Waals surface area contributed by atoms with Gasteiger partial charge in [0.2, 0.25) is 0 Å². The fourth-order valence-electron chi connectivity index (χ4n) is 1.68. The van der Waals surface area contributed by atoms with E-state index < -0.39 is 0 Å². The fourth-order valence-corrected chi connectivity index (χ4v) is 1.68. The van der Waals surface area contributed by atoms with Crippen LogP contribution in [0.3, 0.4) is 0 Å². The summed E-state index contributed by atoms with van der Waals surface area (Å²) in [6.45, 7) is 0. The predicted molar refractivity (Wildman–Crippen MR) is 64.1 cm³/mol. The molecule has 0 aromatic heterocycles. The number of benzene rings is 1. The summed E-state index contributed by atoms with van der Waals surface area (Å²) < 4.78 is 5.08. The summed E-state index contributed by atoms with van der Waals surface area (Å²) in [5.74, 6) is 0.843. The van der Waals surface area contributed by atoms with E-state index in [2.05, 4.69) is 16.3 Å². The van der Waals surface area contributed by atoms with Gasteiger partial charge >= 0.3 is 0 Å². The Hall–Kier alpha value is -1.64. The molecule has 2 rings (SSSR count). The molecule has 3 nitrogen and oxygen atoms in total. The van der Waals surface area contributed by atoms with Gasteiger partial charge in [0.15, 0.2) is 0 Å². The molecule has 1 aromatic carbocycles. The highest BCUT2D eigenvalue weighted by atomic mass is 16.5. The number of azo groups is 1. The number of methoxy groups -OCH3 is 1. The zero-order valence-electron chi connectivity index (χ0n) is 9.52. The van der Waals surface area contributed by atoms with E-state index in [0.717, 1.165) is 30.0 Å². The second kappa shape index (κ2) is 5.45. The predicted octanol–water partition coefficient (Wildman–Crippen LogP) is 4.24. The second-order valence-electron chi connectivity index (χ2n) is 3.84. The minimum atomic E-state index is 0.843. The van der Waals surface area contributed by atoms with Gasteiger partial charge in [-0.3, -0.25) is 0 Å². The van der Waals surface area contributed by atoms with Crippen LogP contribution in [0.15, 0.2) is 46.3 Å². The van der Waals surface area contributed by atoms with Crippen LogP contribution in [0.5, 0.6) is 5.75 Å². The molecule has 1 aromatic rings. The Morgan fingerprint density at radius 3 is 2.50 bits per heavy atom. The minimum absolute atomic E-state index is 0.843. The zero-order valence-corrected chi connectivity index (χ0v) is 9.52. The molecule has 16 heavy (non-hydrogen) atoms. The molecule has 1 aliphatic rings. The maximum Gasteiger partial charge on any atom is 0.119 e. The van der Waals surface area contributed by atoms with E-state index in [1.165, 1.54) is 12.8 Å². The topological polar surface area (TPSA) is 34.0 Å². The van der Waals surface area contributed by atoms with E-state index in [4.69, 9.17) is 4.74 Å².